The van der Waals surface area contributed by atoms with Crippen LogP contribution in [0.1, 0.15) is 16.7 Å². The van der Waals surface area contributed by atoms with Gasteiger partial charge in [0.05, 0.1) is 20.6 Å². The van der Waals surface area contributed by atoms with Crippen LogP contribution in [0.4, 0.5) is 5.69 Å². The Balaban J connectivity index is 2.51. The number of rotatable bonds is 3. The largest absolute Gasteiger partial charge is 0.278 e. The molecule has 0 bridgehead atoms. The molecule has 0 aliphatic heterocycles. The highest BCUT2D eigenvalue weighted by atomic mass is 35.5. The van der Waals surface area contributed by atoms with Crippen molar-refractivity contribution in [2.45, 2.75) is 25.7 Å². The lowest BCUT2D eigenvalue weighted by molar-refractivity contribution is 0.600. The monoisotopic (exact) mass is 343 g/mol. The molecule has 0 atom stereocenters. The van der Waals surface area contributed by atoms with Gasteiger partial charge in [-0.25, -0.2) is 8.42 Å². The topological polar surface area (TPSA) is 46.2 Å². The van der Waals surface area contributed by atoms with E-state index in [1.165, 1.54) is 0 Å². The minimum atomic E-state index is -3.72. The van der Waals surface area contributed by atoms with Gasteiger partial charge in [0, 0.05) is 0 Å². The molecule has 0 heterocycles. The van der Waals surface area contributed by atoms with Crippen molar-refractivity contribution in [3.63, 3.8) is 0 Å². The molecule has 0 saturated heterocycles. The summed E-state index contributed by atoms with van der Waals surface area (Å²) in [7, 11) is -3.72. The van der Waals surface area contributed by atoms with Crippen LogP contribution in [-0.4, -0.2) is 8.42 Å². The standard InChI is InChI=1S/C15H15Cl2NO2S/c1-9-7-10(2)15(11(3)8-9)21(19,20)18-13-6-4-5-12(16)14(13)17/h4-8,18H,1-3H3. The summed E-state index contributed by atoms with van der Waals surface area (Å²) >= 11 is 11.9. The van der Waals surface area contributed by atoms with Crippen LogP contribution in [0.3, 0.4) is 0 Å². The average molecular weight is 344 g/mol. The molecule has 6 heteroatoms. The molecule has 1 N–H and O–H groups in total. The first kappa shape index (κ1) is 16.1. The molecular weight excluding hydrogens is 329 g/mol. The van der Waals surface area contributed by atoms with Gasteiger partial charge >= 0.3 is 0 Å². The highest BCUT2D eigenvalue weighted by Gasteiger charge is 2.21. The summed E-state index contributed by atoms with van der Waals surface area (Å²) in [6.45, 7) is 5.47. The lowest BCUT2D eigenvalue weighted by Gasteiger charge is -2.15. The predicted molar refractivity (Wildman–Crippen MR) is 87.9 cm³/mol. The highest BCUT2D eigenvalue weighted by Crippen LogP contribution is 2.32. The van der Waals surface area contributed by atoms with Crippen molar-refractivity contribution >= 4 is 38.9 Å². The summed E-state index contributed by atoms with van der Waals surface area (Å²) in [6.07, 6.45) is 0. The zero-order valence-corrected chi connectivity index (χ0v) is 14.2. The molecule has 3 nitrogen and oxygen atoms in total. The third kappa shape index (κ3) is 3.34. The van der Waals surface area contributed by atoms with Crippen molar-refractivity contribution in [2.75, 3.05) is 4.72 Å². The molecule has 0 spiro atoms. The summed E-state index contributed by atoms with van der Waals surface area (Å²) in [5.41, 5.74) is 2.67. The molecular formula is C15H15Cl2NO2S. The van der Waals surface area contributed by atoms with Crippen LogP contribution in [0.15, 0.2) is 35.2 Å². The smallest absolute Gasteiger partial charge is 0.262 e. The van der Waals surface area contributed by atoms with E-state index in [1.54, 1.807) is 32.0 Å². The van der Waals surface area contributed by atoms with Crippen LogP contribution in [0.25, 0.3) is 0 Å². The SMILES string of the molecule is Cc1cc(C)c(S(=O)(=O)Nc2cccc(Cl)c2Cl)c(C)c1. The second-order valence-corrected chi connectivity index (χ2v) is 7.34. The summed E-state index contributed by atoms with van der Waals surface area (Å²) < 4.78 is 27.7. The van der Waals surface area contributed by atoms with Crippen molar-refractivity contribution < 1.29 is 8.42 Å². The summed E-state index contributed by atoms with van der Waals surface area (Å²) in [4.78, 5) is 0.268. The number of anilines is 1. The van der Waals surface area contributed by atoms with Gasteiger partial charge in [-0.2, -0.15) is 0 Å². The van der Waals surface area contributed by atoms with E-state index >= 15 is 0 Å². The minimum Gasteiger partial charge on any atom is -0.278 e. The first-order valence-corrected chi connectivity index (χ1v) is 8.51. The van der Waals surface area contributed by atoms with Gasteiger partial charge in [0.1, 0.15) is 0 Å². The number of sulfonamides is 1. The molecule has 112 valence electrons. The fourth-order valence-electron chi connectivity index (χ4n) is 2.37. The van der Waals surface area contributed by atoms with E-state index in [0.29, 0.717) is 16.1 Å². The average Bonchev–Trinajstić information content (AvgIpc) is 2.33. The van der Waals surface area contributed by atoms with E-state index in [2.05, 4.69) is 4.72 Å². The van der Waals surface area contributed by atoms with Crippen molar-refractivity contribution in [1.29, 1.82) is 0 Å². The quantitative estimate of drug-likeness (QED) is 0.876. The summed E-state index contributed by atoms with van der Waals surface area (Å²) in [6, 6.07) is 8.48. The van der Waals surface area contributed by atoms with Crippen molar-refractivity contribution in [2.24, 2.45) is 0 Å². The lowest BCUT2D eigenvalue weighted by Crippen LogP contribution is -2.16. The molecule has 0 radical (unpaired) electrons. The van der Waals surface area contributed by atoms with Crippen molar-refractivity contribution in [3.8, 4) is 0 Å². The Bertz CT molecular complexity index is 778. The molecule has 0 fully saturated rings. The Morgan fingerprint density at radius 1 is 1.00 bits per heavy atom. The molecule has 2 aromatic rings. The van der Waals surface area contributed by atoms with Gasteiger partial charge in [0.15, 0.2) is 0 Å². The number of nitrogens with one attached hydrogen (secondary N) is 1. The third-order valence-electron chi connectivity index (χ3n) is 3.07. The fourth-order valence-corrected chi connectivity index (χ4v) is 4.30. The number of hydrogen-bond acceptors (Lipinski definition) is 2. The normalized spacial score (nSPS) is 11.5. The van der Waals surface area contributed by atoms with E-state index in [9.17, 15) is 8.42 Å². The maximum Gasteiger partial charge on any atom is 0.262 e. The molecule has 0 unspecified atom stereocenters. The van der Waals surface area contributed by atoms with Gasteiger partial charge in [0.2, 0.25) is 0 Å². The van der Waals surface area contributed by atoms with Crippen LogP contribution in [0.5, 0.6) is 0 Å². The van der Waals surface area contributed by atoms with E-state index in [4.69, 9.17) is 23.2 Å². The van der Waals surface area contributed by atoms with E-state index < -0.39 is 10.0 Å². The predicted octanol–water partition coefficient (Wildman–Crippen LogP) is 4.72. The zero-order valence-electron chi connectivity index (χ0n) is 11.9. The van der Waals surface area contributed by atoms with Gasteiger partial charge < -0.3 is 0 Å². The van der Waals surface area contributed by atoms with Gasteiger partial charge in [0.25, 0.3) is 10.0 Å². The van der Waals surface area contributed by atoms with E-state index in [1.807, 2.05) is 19.1 Å². The second-order valence-electron chi connectivity index (χ2n) is 4.93. The van der Waals surface area contributed by atoms with Crippen molar-refractivity contribution in [3.05, 3.63) is 57.1 Å². The van der Waals surface area contributed by atoms with Gasteiger partial charge in [-0.1, -0.05) is 47.0 Å². The lowest BCUT2D eigenvalue weighted by atomic mass is 10.1. The molecule has 0 aliphatic carbocycles. The van der Waals surface area contributed by atoms with E-state index in [0.717, 1.165) is 5.56 Å². The Labute approximate surface area is 135 Å². The Kier molecular flexibility index (Phi) is 4.51. The van der Waals surface area contributed by atoms with Crippen LogP contribution in [0.2, 0.25) is 10.0 Å². The third-order valence-corrected chi connectivity index (χ3v) is 5.56. The van der Waals surface area contributed by atoms with Crippen LogP contribution in [0, 0.1) is 20.8 Å². The summed E-state index contributed by atoms with van der Waals surface area (Å²) in [5.74, 6) is 0. The molecule has 21 heavy (non-hydrogen) atoms. The van der Waals surface area contributed by atoms with Gasteiger partial charge in [-0.15, -0.1) is 0 Å². The number of benzene rings is 2. The van der Waals surface area contributed by atoms with Gasteiger partial charge in [-0.05, 0) is 44.0 Å². The first-order chi connectivity index (χ1) is 9.72. The number of halogens is 2. The molecule has 0 aromatic heterocycles. The minimum absolute atomic E-state index is 0.185. The maximum atomic E-state index is 12.6. The van der Waals surface area contributed by atoms with Crippen LogP contribution in [-0.2, 0) is 10.0 Å². The van der Waals surface area contributed by atoms with Crippen molar-refractivity contribution in [1.82, 2.24) is 0 Å². The Hall–Kier alpha value is -1.23. The molecule has 0 aliphatic rings. The maximum absolute atomic E-state index is 12.6. The highest BCUT2D eigenvalue weighted by molar-refractivity contribution is 7.92. The number of aryl methyl sites for hydroxylation is 3. The first-order valence-electron chi connectivity index (χ1n) is 6.27. The summed E-state index contributed by atoms with van der Waals surface area (Å²) in [5, 5.41) is 0.486. The van der Waals surface area contributed by atoms with Crippen LogP contribution < -0.4 is 4.72 Å². The Morgan fingerprint density at radius 3 is 2.14 bits per heavy atom. The number of hydrogen-bond donors (Lipinski definition) is 1. The Morgan fingerprint density at radius 2 is 1.57 bits per heavy atom. The fraction of sp³-hybridized carbons (Fsp3) is 0.200. The molecule has 0 saturated carbocycles. The molecule has 2 rings (SSSR count). The van der Waals surface area contributed by atoms with Crippen LogP contribution >= 0.6 is 23.2 Å². The van der Waals surface area contributed by atoms with Gasteiger partial charge in [-0.3, -0.25) is 4.72 Å². The zero-order chi connectivity index (χ0) is 15.8. The second kappa shape index (κ2) is 5.87. The van der Waals surface area contributed by atoms with E-state index in [-0.39, 0.29) is 15.6 Å². The molecule has 2 aromatic carbocycles. The molecule has 0 amide bonds.